The van der Waals surface area contributed by atoms with E-state index in [1.54, 1.807) is 6.26 Å². The molecule has 3 rings (SSSR count). The number of aliphatic hydroxyl groups excluding tert-OH is 1. The van der Waals surface area contributed by atoms with Crippen LogP contribution < -0.4 is 10.6 Å². The average molecular weight is 475 g/mol. The summed E-state index contributed by atoms with van der Waals surface area (Å²) >= 11 is 0. The van der Waals surface area contributed by atoms with E-state index in [4.69, 9.17) is 14.5 Å². The van der Waals surface area contributed by atoms with Gasteiger partial charge in [0.25, 0.3) is 0 Å². The molecule has 2 fully saturated rings. The second-order valence-electron chi connectivity index (χ2n) is 7.55. The van der Waals surface area contributed by atoms with Crippen LogP contribution in [0.15, 0.2) is 27.8 Å². The Hall–Kier alpha value is -0.760. The lowest BCUT2D eigenvalue weighted by Gasteiger charge is -2.25. The van der Waals surface area contributed by atoms with Crippen molar-refractivity contribution in [2.24, 2.45) is 16.8 Å². The Morgan fingerprint density at radius 2 is 2.08 bits per heavy atom. The summed E-state index contributed by atoms with van der Waals surface area (Å²) in [4.78, 5) is 4.79. The van der Waals surface area contributed by atoms with E-state index in [2.05, 4.69) is 10.6 Å². The summed E-state index contributed by atoms with van der Waals surface area (Å²) in [7, 11) is 0. The zero-order chi connectivity index (χ0) is 17.3. The molecule has 0 aromatic carbocycles. The van der Waals surface area contributed by atoms with Crippen molar-refractivity contribution >= 4 is 29.9 Å². The van der Waals surface area contributed by atoms with Crippen molar-refractivity contribution in [3.05, 3.63) is 24.2 Å². The molecule has 2 aliphatic carbocycles. The molecule has 1 aromatic rings. The fourth-order valence-electron chi connectivity index (χ4n) is 4.28. The number of rotatable bonds is 10. The molecule has 3 unspecified atom stereocenters. The molecule has 0 aliphatic heterocycles. The Bertz CT molecular complexity index is 521. The monoisotopic (exact) mass is 475 g/mol. The standard InChI is InChI=1S/C20H33N3O2.HI/c24-12-4-2-1-3-10-21-20(22-11-9-18-6-5-13-25-18)23-19-15-16-7-8-17(19)14-16;/h5-6,13,16-17,19,24H,1-4,7-12,14-15H2,(H2,21,22,23);1H. The molecular weight excluding hydrogens is 441 g/mol. The van der Waals surface area contributed by atoms with Gasteiger partial charge >= 0.3 is 0 Å². The minimum Gasteiger partial charge on any atom is -0.469 e. The Kier molecular flexibility index (Phi) is 9.82. The lowest BCUT2D eigenvalue weighted by molar-refractivity contribution is 0.282. The summed E-state index contributed by atoms with van der Waals surface area (Å²) in [6, 6.07) is 4.55. The van der Waals surface area contributed by atoms with Crippen LogP contribution in [0.2, 0.25) is 0 Å². The van der Waals surface area contributed by atoms with Gasteiger partial charge in [0.05, 0.1) is 6.26 Å². The number of hydrogen-bond acceptors (Lipinski definition) is 3. The molecule has 1 heterocycles. The van der Waals surface area contributed by atoms with E-state index in [1.165, 1.54) is 25.7 Å². The number of furan rings is 1. The van der Waals surface area contributed by atoms with E-state index >= 15 is 0 Å². The number of halogens is 1. The third kappa shape index (κ3) is 6.76. The van der Waals surface area contributed by atoms with Gasteiger partial charge in [-0.2, -0.15) is 0 Å². The summed E-state index contributed by atoms with van der Waals surface area (Å²) in [6.07, 6.45) is 12.3. The maximum Gasteiger partial charge on any atom is 0.191 e. The summed E-state index contributed by atoms with van der Waals surface area (Å²) in [5.74, 6) is 3.75. The van der Waals surface area contributed by atoms with E-state index in [9.17, 15) is 0 Å². The van der Waals surface area contributed by atoms with Crippen LogP contribution in [0, 0.1) is 11.8 Å². The molecule has 0 spiro atoms. The van der Waals surface area contributed by atoms with E-state index in [0.29, 0.717) is 12.6 Å². The van der Waals surface area contributed by atoms with E-state index < -0.39 is 0 Å². The van der Waals surface area contributed by atoms with Gasteiger partial charge in [-0.3, -0.25) is 4.99 Å². The Morgan fingerprint density at radius 3 is 2.77 bits per heavy atom. The molecule has 2 aliphatic rings. The first-order valence-corrected chi connectivity index (χ1v) is 10.0. The molecule has 0 amide bonds. The highest BCUT2D eigenvalue weighted by Gasteiger charge is 2.39. The summed E-state index contributed by atoms with van der Waals surface area (Å²) < 4.78 is 5.40. The topological polar surface area (TPSA) is 69.8 Å². The minimum atomic E-state index is 0. The maximum atomic E-state index is 8.84. The van der Waals surface area contributed by atoms with Gasteiger partial charge in [-0.25, -0.2) is 0 Å². The SMILES string of the molecule is I.OCCCCCCN=C(NCCc1ccco1)NC1CC2CCC1C2. The predicted molar refractivity (Wildman–Crippen MR) is 116 cm³/mol. The first-order chi connectivity index (χ1) is 12.3. The second-order valence-corrected chi connectivity index (χ2v) is 7.55. The maximum absolute atomic E-state index is 8.84. The molecular formula is C20H34IN3O2. The third-order valence-corrected chi connectivity index (χ3v) is 5.64. The summed E-state index contributed by atoms with van der Waals surface area (Å²) in [5.41, 5.74) is 0. The number of hydrogen-bond donors (Lipinski definition) is 3. The van der Waals surface area contributed by atoms with E-state index in [-0.39, 0.29) is 24.0 Å². The van der Waals surface area contributed by atoms with Gasteiger partial charge in [0, 0.05) is 32.2 Å². The van der Waals surface area contributed by atoms with Crippen LogP contribution in [0.1, 0.15) is 57.1 Å². The van der Waals surface area contributed by atoms with Crippen molar-refractivity contribution in [1.82, 2.24) is 10.6 Å². The number of aliphatic hydroxyl groups is 1. The highest BCUT2D eigenvalue weighted by molar-refractivity contribution is 14.0. The van der Waals surface area contributed by atoms with Crippen LogP contribution in [-0.2, 0) is 6.42 Å². The molecule has 26 heavy (non-hydrogen) atoms. The normalized spacial score (nSPS) is 24.5. The van der Waals surface area contributed by atoms with Crippen molar-refractivity contribution < 1.29 is 9.52 Å². The fraction of sp³-hybridized carbons (Fsp3) is 0.750. The van der Waals surface area contributed by atoms with Crippen LogP contribution >= 0.6 is 24.0 Å². The van der Waals surface area contributed by atoms with E-state index in [1.807, 2.05) is 12.1 Å². The van der Waals surface area contributed by atoms with Crippen LogP contribution in [0.5, 0.6) is 0 Å². The molecule has 148 valence electrons. The smallest absolute Gasteiger partial charge is 0.191 e. The van der Waals surface area contributed by atoms with Crippen LogP contribution in [-0.4, -0.2) is 36.8 Å². The highest BCUT2D eigenvalue weighted by atomic mass is 127. The fourth-order valence-corrected chi connectivity index (χ4v) is 4.28. The molecule has 5 nitrogen and oxygen atoms in total. The molecule has 3 atom stereocenters. The van der Waals surface area contributed by atoms with Crippen molar-refractivity contribution in [2.75, 3.05) is 19.7 Å². The number of aliphatic imine (C=N–C) groups is 1. The number of fused-ring (bicyclic) bond motifs is 2. The molecule has 2 saturated carbocycles. The molecule has 6 heteroatoms. The first-order valence-electron chi connectivity index (χ1n) is 10.0. The van der Waals surface area contributed by atoms with Gasteiger partial charge in [-0.15, -0.1) is 24.0 Å². The average Bonchev–Trinajstić information content (AvgIpc) is 3.35. The number of unbranched alkanes of at least 4 members (excludes halogenated alkanes) is 3. The quantitative estimate of drug-likeness (QED) is 0.209. The third-order valence-electron chi connectivity index (χ3n) is 5.64. The molecule has 2 bridgehead atoms. The Labute approximate surface area is 174 Å². The Balaban J connectivity index is 0.00000243. The minimum absolute atomic E-state index is 0. The Morgan fingerprint density at radius 1 is 1.19 bits per heavy atom. The van der Waals surface area contributed by atoms with Gasteiger partial charge in [0.15, 0.2) is 5.96 Å². The van der Waals surface area contributed by atoms with E-state index in [0.717, 1.165) is 68.7 Å². The van der Waals surface area contributed by atoms with Crippen LogP contribution in [0.3, 0.4) is 0 Å². The van der Waals surface area contributed by atoms with Gasteiger partial charge in [0.2, 0.25) is 0 Å². The number of nitrogens with zero attached hydrogens (tertiary/aromatic N) is 1. The van der Waals surface area contributed by atoms with Crippen molar-refractivity contribution in [3.63, 3.8) is 0 Å². The van der Waals surface area contributed by atoms with Crippen molar-refractivity contribution in [1.29, 1.82) is 0 Å². The zero-order valence-corrected chi connectivity index (χ0v) is 18.0. The molecule has 0 saturated heterocycles. The largest absolute Gasteiger partial charge is 0.469 e. The molecule has 3 N–H and O–H groups in total. The lowest BCUT2D eigenvalue weighted by Crippen LogP contribution is -2.46. The van der Waals surface area contributed by atoms with Gasteiger partial charge in [0.1, 0.15) is 5.76 Å². The second kappa shape index (κ2) is 11.8. The first kappa shape index (κ1) is 21.5. The van der Waals surface area contributed by atoms with Crippen LogP contribution in [0.25, 0.3) is 0 Å². The summed E-state index contributed by atoms with van der Waals surface area (Å²) in [6.45, 7) is 1.99. The van der Waals surface area contributed by atoms with Crippen LogP contribution in [0.4, 0.5) is 0 Å². The van der Waals surface area contributed by atoms with Gasteiger partial charge < -0.3 is 20.2 Å². The summed E-state index contributed by atoms with van der Waals surface area (Å²) in [5, 5.41) is 16.0. The van der Waals surface area contributed by atoms with Crippen molar-refractivity contribution in [3.8, 4) is 0 Å². The zero-order valence-electron chi connectivity index (χ0n) is 15.7. The lowest BCUT2D eigenvalue weighted by atomic mass is 9.95. The molecule has 1 aromatic heterocycles. The highest BCUT2D eigenvalue weighted by Crippen LogP contribution is 2.44. The van der Waals surface area contributed by atoms with Gasteiger partial charge in [-0.1, -0.05) is 19.3 Å². The molecule has 0 radical (unpaired) electrons. The van der Waals surface area contributed by atoms with Gasteiger partial charge in [-0.05, 0) is 56.1 Å². The number of guanidine groups is 1. The number of nitrogens with one attached hydrogen (secondary N) is 2. The predicted octanol–water partition coefficient (Wildman–Crippen LogP) is 3.72. The van der Waals surface area contributed by atoms with Crippen molar-refractivity contribution in [2.45, 2.75) is 63.8 Å².